The third kappa shape index (κ3) is 3.29. The van der Waals surface area contributed by atoms with E-state index in [4.69, 9.17) is 23.2 Å². The number of carbonyl (C=O) groups excluding carboxylic acids is 2. The molecule has 2 amide bonds. The Morgan fingerprint density at radius 2 is 1.81 bits per heavy atom. The van der Waals surface area contributed by atoms with Gasteiger partial charge in [0.05, 0.1) is 12.2 Å². The summed E-state index contributed by atoms with van der Waals surface area (Å²) in [5.41, 5.74) is 2.51. The number of benzene rings is 3. The maximum Gasteiger partial charge on any atom is 0.268 e. The van der Waals surface area contributed by atoms with Crippen LogP contribution in [-0.2, 0) is 16.2 Å². The zero-order valence-corrected chi connectivity index (χ0v) is 19.1. The van der Waals surface area contributed by atoms with Gasteiger partial charge in [-0.15, -0.1) is 11.8 Å². The van der Waals surface area contributed by atoms with Crippen LogP contribution in [0.5, 0.6) is 0 Å². The fourth-order valence-corrected chi connectivity index (χ4v) is 6.11. The summed E-state index contributed by atoms with van der Waals surface area (Å²) >= 11 is 14.1. The van der Waals surface area contributed by atoms with Gasteiger partial charge >= 0.3 is 0 Å². The Morgan fingerprint density at radius 1 is 1.06 bits per heavy atom. The van der Waals surface area contributed by atoms with Gasteiger partial charge in [0, 0.05) is 33.5 Å². The molecule has 2 aliphatic heterocycles. The molecule has 0 aliphatic carbocycles. The number of nitrogens with zero attached hydrogens (tertiary/aromatic N) is 2. The molecule has 1 unspecified atom stereocenters. The molecule has 0 N–H and O–H groups in total. The van der Waals surface area contributed by atoms with Crippen molar-refractivity contribution >= 4 is 52.5 Å². The second kappa shape index (κ2) is 8.10. The van der Waals surface area contributed by atoms with E-state index in [1.54, 1.807) is 34.1 Å². The van der Waals surface area contributed by atoms with E-state index in [2.05, 4.69) is 0 Å². The predicted octanol–water partition coefficient (Wildman–Crippen LogP) is 5.72. The molecule has 32 heavy (non-hydrogen) atoms. The largest absolute Gasteiger partial charge is 0.311 e. The van der Waals surface area contributed by atoms with Gasteiger partial charge in [0.15, 0.2) is 4.87 Å². The average Bonchev–Trinajstić information content (AvgIpc) is 3.32. The van der Waals surface area contributed by atoms with Crippen LogP contribution in [0, 0.1) is 5.82 Å². The summed E-state index contributed by atoms with van der Waals surface area (Å²) < 4.78 is 13.4. The average molecular weight is 487 g/mol. The van der Waals surface area contributed by atoms with E-state index in [-0.39, 0.29) is 18.4 Å². The van der Waals surface area contributed by atoms with Crippen LogP contribution >= 0.6 is 35.0 Å². The van der Waals surface area contributed by atoms with Gasteiger partial charge < -0.3 is 9.80 Å². The van der Waals surface area contributed by atoms with Gasteiger partial charge in [0.1, 0.15) is 5.82 Å². The van der Waals surface area contributed by atoms with Crippen LogP contribution < -0.4 is 4.90 Å². The maximum absolute atomic E-state index is 14.0. The van der Waals surface area contributed by atoms with Gasteiger partial charge in [-0.1, -0.05) is 41.4 Å². The number of hydrogen-bond donors (Lipinski definition) is 0. The molecular weight excluding hydrogens is 470 g/mol. The number of rotatable bonds is 3. The van der Waals surface area contributed by atoms with Crippen molar-refractivity contribution in [3.63, 3.8) is 0 Å². The molecule has 8 heteroatoms. The Labute approximate surface area is 198 Å². The molecule has 4 nitrogen and oxygen atoms in total. The summed E-state index contributed by atoms with van der Waals surface area (Å²) in [6, 6.07) is 18.0. The first-order valence-corrected chi connectivity index (χ1v) is 11.7. The lowest BCUT2D eigenvalue weighted by Crippen LogP contribution is -2.50. The van der Waals surface area contributed by atoms with Crippen molar-refractivity contribution in [2.45, 2.75) is 11.4 Å². The van der Waals surface area contributed by atoms with Crippen LogP contribution in [0.25, 0.3) is 0 Å². The van der Waals surface area contributed by atoms with E-state index in [1.165, 1.54) is 36.0 Å². The molecule has 1 saturated heterocycles. The Balaban J connectivity index is 1.60. The van der Waals surface area contributed by atoms with Crippen molar-refractivity contribution < 1.29 is 14.0 Å². The molecule has 1 spiro atoms. The highest BCUT2D eigenvalue weighted by molar-refractivity contribution is 8.01. The summed E-state index contributed by atoms with van der Waals surface area (Å²) in [5, 5.41) is 1.05. The van der Waals surface area contributed by atoms with Crippen molar-refractivity contribution in [1.29, 1.82) is 0 Å². The van der Waals surface area contributed by atoms with E-state index in [9.17, 15) is 14.0 Å². The van der Waals surface area contributed by atoms with Crippen LogP contribution in [0.1, 0.15) is 21.5 Å². The van der Waals surface area contributed by atoms with Gasteiger partial charge in [-0.05, 0) is 54.1 Å². The minimum Gasteiger partial charge on any atom is -0.311 e. The molecule has 0 aromatic heterocycles. The minimum atomic E-state index is -1.23. The lowest BCUT2D eigenvalue weighted by molar-refractivity contribution is -0.123. The Hall–Kier alpha value is -2.54. The van der Waals surface area contributed by atoms with Crippen LogP contribution in [-0.4, -0.2) is 29.0 Å². The zero-order chi connectivity index (χ0) is 22.5. The molecule has 1 atom stereocenters. The number of carbonyl (C=O) groups is 2. The fourth-order valence-electron chi connectivity index (χ4n) is 4.29. The van der Waals surface area contributed by atoms with Crippen molar-refractivity contribution in [2.75, 3.05) is 17.2 Å². The molecule has 2 heterocycles. The van der Waals surface area contributed by atoms with Gasteiger partial charge in [0.2, 0.25) is 0 Å². The summed E-state index contributed by atoms with van der Waals surface area (Å²) in [6.07, 6.45) is 0. The monoisotopic (exact) mass is 486 g/mol. The summed E-state index contributed by atoms with van der Waals surface area (Å²) in [4.78, 5) is 29.4. The number of hydrogen-bond acceptors (Lipinski definition) is 3. The first-order valence-electron chi connectivity index (χ1n) is 9.99. The van der Waals surface area contributed by atoms with Crippen LogP contribution in [0.3, 0.4) is 0 Å². The SMILES string of the molecule is O=C(c1ccc(F)cc1)N1CCSC12C(=O)N(Cc1ccccc1Cl)c1ccc(Cl)cc12. The number of amides is 2. The molecule has 162 valence electrons. The topological polar surface area (TPSA) is 40.6 Å². The van der Waals surface area contributed by atoms with Crippen molar-refractivity contribution in [1.82, 2.24) is 4.90 Å². The van der Waals surface area contributed by atoms with Gasteiger partial charge in [-0.3, -0.25) is 9.59 Å². The van der Waals surface area contributed by atoms with Crippen molar-refractivity contribution in [2.24, 2.45) is 0 Å². The number of thioether (sulfide) groups is 1. The fraction of sp³-hybridized carbons (Fsp3) is 0.167. The van der Waals surface area contributed by atoms with E-state index < -0.39 is 10.7 Å². The lowest BCUT2D eigenvalue weighted by atomic mass is 10.0. The second-order valence-electron chi connectivity index (χ2n) is 7.60. The maximum atomic E-state index is 14.0. The van der Waals surface area contributed by atoms with E-state index in [1.807, 2.05) is 18.2 Å². The second-order valence-corrected chi connectivity index (χ2v) is 9.73. The molecule has 2 aliphatic rings. The van der Waals surface area contributed by atoms with Crippen LogP contribution in [0.2, 0.25) is 10.0 Å². The van der Waals surface area contributed by atoms with Gasteiger partial charge in [-0.25, -0.2) is 4.39 Å². The van der Waals surface area contributed by atoms with Crippen molar-refractivity contribution in [3.8, 4) is 0 Å². The van der Waals surface area contributed by atoms with Crippen molar-refractivity contribution in [3.05, 3.63) is 99.3 Å². The molecule has 0 radical (unpaired) electrons. The summed E-state index contributed by atoms with van der Waals surface area (Å²) in [7, 11) is 0. The molecule has 0 bridgehead atoms. The summed E-state index contributed by atoms with van der Waals surface area (Å²) in [6.45, 7) is 0.659. The third-order valence-corrected chi connectivity index (χ3v) is 7.80. The van der Waals surface area contributed by atoms with Gasteiger partial charge in [-0.2, -0.15) is 0 Å². The number of halogens is 3. The molecular formula is C24H17Cl2FN2O2S. The molecule has 0 saturated carbocycles. The molecule has 5 rings (SSSR count). The van der Waals surface area contributed by atoms with E-state index >= 15 is 0 Å². The highest BCUT2D eigenvalue weighted by atomic mass is 35.5. The minimum absolute atomic E-state index is 0.215. The normalized spacial score (nSPS) is 19.7. The van der Waals surface area contributed by atoms with E-state index in [0.717, 1.165) is 5.56 Å². The predicted molar refractivity (Wildman–Crippen MR) is 126 cm³/mol. The summed E-state index contributed by atoms with van der Waals surface area (Å²) in [5.74, 6) is -0.376. The standard InChI is InChI=1S/C24H17Cl2FN2O2S/c25-17-7-10-21-19(13-17)24(23(31)28(21)14-16-3-1-2-4-20(16)26)29(11-12-32-24)22(30)15-5-8-18(27)9-6-15/h1-10,13H,11-12,14H2. The first kappa shape index (κ1) is 21.3. The van der Waals surface area contributed by atoms with E-state index in [0.29, 0.717) is 39.2 Å². The zero-order valence-electron chi connectivity index (χ0n) is 16.7. The Bertz CT molecular complexity index is 1240. The number of fused-ring (bicyclic) bond motifs is 2. The lowest BCUT2D eigenvalue weighted by Gasteiger charge is -2.33. The van der Waals surface area contributed by atoms with Crippen LogP contribution in [0.4, 0.5) is 10.1 Å². The molecule has 3 aromatic rings. The highest BCUT2D eigenvalue weighted by Gasteiger charge is 2.59. The first-order chi connectivity index (χ1) is 15.4. The smallest absolute Gasteiger partial charge is 0.268 e. The third-order valence-electron chi connectivity index (χ3n) is 5.78. The Kier molecular flexibility index (Phi) is 5.40. The number of anilines is 1. The highest BCUT2D eigenvalue weighted by Crippen LogP contribution is 2.55. The van der Waals surface area contributed by atoms with Crippen LogP contribution in [0.15, 0.2) is 66.7 Å². The quantitative estimate of drug-likeness (QED) is 0.475. The Morgan fingerprint density at radius 3 is 2.56 bits per heavy atom. The van der Waals surface area contributed by atoms with Gasteiger partial charge in [0.25, 0.3) is 11.8 Å². The molecule has 1 fully saturated rings. The molecule has 3 aromatic carbocycles.